The maximum Gasteiger partial charge on any atom is 0.205 e. The van der Waals surface area contributed by atoms with Gasteiger partial charge >= 0.3 is 0 Å². The number of fused-ring (bicyclic) bond motifs is 1. The van der Waals surface area contributed by atoms with Crippen LogP contribution in [0.3, 0.4) is 0 Å². The van der Waals surface area contributed by atoms with Crippen molar-refractivity contribution < 1.29 is 4.42 Å². The molecular formula is C16H11ClO2. The first-order chi connectivity index (χ1) is 9.18. The zero-order chi connectivity index (χ0) is 13.4. The lowest BCUT2D eigenvalue weighted by Gasteiger charge is -2.06. The number of hydrogen-bond donors (Lipinski definition) is 0. The van der Waals surface area contributed by atoms with Crippen molar-refractivity contribution in [3.63, 3.8) is 0 Å². The van der Waals surface area contributed by atoms with Crippen LogP contribution in [0.1, 0.15) is 5.56 Å². The second-order valence-electron chi connectivity index (χ2n) is 4.39. The summed E-state index contributed by atoms with van der Waals surface area (Å²) >= 11 is 6.13. The van der Waals surface area contributed by atoms with Gasteiger partial charge in [-0.3, -0.25) is 4.79 Å². The molecule has 0 atom stereocenters. The van der Waals surface area contributed by atoms with E-state index in [1.54, 1.807) is 6.07 Å². The Bertz CT molecular complexity index is 804. The molecule has 0 bridgehead atoms. The van der Waals surface area contributed by atoms with Gasteiger partial charge in [0.1, 0.15) is 5.58 Å². The van der Waals surface area contributed by atoms with Crippen molar-refractivity contribution in [2.45, 2.75) is 6.92 Å². The summed E-state index contributed by atoms with van der Waals surface area (Å²) in [6.07, 6.45) is 0. The fraction of sp³-hybridized carbons (Fsp3) is 0.0625. The van der Waals surface area contributed by atoms with Gasteiger partial charge in [-0.25, -0.2) is 0 Å². The monoisotopic (exact) mass is 270 g/mol. The molecule has 1 aromatic heterocycles. The van der Waals surface area contributed by atoms with Gasteiger partial charge in [0, 0.05) is 0 Å². The molecule has 0 fully saturated rings. The van der Waals surface area contributed by atoms with Crippen molar-refractivity contribution in [1.82, 2.24) is 0 Å². The summed E-state index contributed by atoms with van der Waals surface area (Å²) in [7, 11) is 0. The van der Waals surface area contributed by atoms with Gasteiger partial charge in [0.25, 0.3) is 0 Å². The van der Waals surface area contributed by atoms with Crippen molar-refractivity contribution in [3.05, 3.63) is 69.5 Å². The Labute approximate surface area is 115 Å². The van der Waals surface area contributed by atoms with E-state index in [-0.39, 0.29) is 10.6 Å². The highest BCUT2D eigenvalue weighted by Crippen LogP contribution is 2.28. The van der Waals surface area contributed by atoms with E-state index >= 15 is 0 Å². The molecule has 0 N–H and O–H groups in total. The molecule has 3 heteroatoms. The first kappa shape index (κ1) is 12.0. The molecule has 0 saturated carbocycles. The summed E-state index contributed by atoms with van der Waals surface area (Å²) in [5, 5.41) is 0.722. The van der Waals surface area contributed by atoms with Crippen molar-refractivity contribution >= 4 is 22.6 Å². The average Bonchev–Trinajstić information content (AvgIpc) is 2.39. The van der Waals surface area contributed by atoms with Crippen LogP contribution in [-0.2, 0) is 0 Å². The fourth-order valence-electron chi connectivity index (χ4n) is 2.23. The zero-order valence-electron chi connectivity index (χ0n) is 10.3. The van der Waals surface area contributed by atoms with E-state index in [9.17, 15) is 4.79 Å². The molecular weight excluding hydrogens is 260 g/mol. The quantitative estimate of drug-likeness (QED) is 0.655. The van der Waals surface area contributed by atoms with Crippen LogP contribution in [0.25, 0.3) is 22.1 Å². The van der Waals surface area contributed by atoms with Crippen LogP contribution < -0.4 is 5.43 Å². The van der Waals surface area contributed by atoms with E-state index in [2.05, 4.69) is 0 Å². The molecule has 0 aliphatic carbocycles. The number of rotatable bonds is 1. The standard InChI is InChI=1S/C16H11ClO2/c1-10-6-5-9-12-13(10)15(18)14(16(17)19-12)11-7-3-2-4-8-11/h2-9H,1H3. The van der Waals surface area contributed by atoms with Crippen LogP contribution in [0.2, 0.25) is 5.22 Å². The Balaban J connectivity index is 2.45. The van der Waals surface area contributed by atoms with E-state index in [0.29, 0.717) is 16.5 Å². The molecule has 1 heterocycles. The minimum atomic E-state index is -0.0875. The van der Waals surface area contributed by atoms with Gasteiger partial charge in [0.15, 0.2) is 0 Å². The Morgan fingerprint density at radius 1 is 1.00 bits per heavy atom. The van der Waals surface area contributed by atoms with Gasteiger partial charge in [0.05, 0.1) is 10.9 Å². The molecule has 0 amide bonds. The maximum atomic E-state index is 12.6. The van der Waals surface area contributed by atoms with E-state index in [1.165, 1.54) is 0 Å². The highest BCUT2D eigenvalue weighted by atomic mass is 35.5. The summed E-state index contributed by atoms with van der Waals surface area (Å²) in [5.41, 5.74) is 2.51. The van der Waals surface area contributed by atoms with Gasteiger partial charge in [-0.05, 0) is 35.7 Å². The van der Waals surface area contributed by atoms with E-state index in [0.717, 1.165) is 11.1 Å². The van der Waals surface area contributed by atoms with Crippen LogP contribution >= 0.6 is 11.6 Å². The Morgan fingerprint density at radius 3 is 2.47 bits per heavy atom. The molecule has 2 aromatic carbocycles. The minimum absolute atomic E-state index is 0.0875. The lowest BCUT2D eigenvalue weighted by atomic mass is 10.0. The van der Waals surface area contributed by atoms with E-state index in [1.807, 2.05) is 49.4 Å². The van der Waals surface area contributed by atoms with Gasteiger partial charge in [-0.15, -0.1) is 0 Å². The molecule has 0 spiro atoms. The van der Waals surface area contributed by atoms with Crippen LogP contribution in [0, 0.1) is 6.92 Å². The second kappa shape index (κ2) is 4.56. The molecule has 19 heavy (non-hydrogen) atoms. The highest BCUT2D eigenvalue weighted by molar-refractivity contribution is 6.31. The van der Waals surface area contributed by atoms with Crippen LogP contribution in [-0.4, -0.2) is 0 Å². The molecule has 0 aliphatic rings. The number of halogens is 1. The summed E-state index contributed by atoms with van der Waals surface area (Å²) < 4.78 is 5.57. The minimum Gasteiger partial charge on any atom is -0.444 e. The molecule has 3 rings (SSSR count). The Morgan fingerprint density at radius 2 is 1.74 bits per heavy atom. The first-order valence-electron chi connectivity index (χ1n) is 5.96. The van der Waals surface area contributed by atoms with Crippen LogP contribution in [0.15, 0.2) is 57.7 Å². The molecule has 0 saturated heterocycles. The summed E-state index contributed by atoms with van der Waals surface area (Å²) in [5.74, 6) is 0. The van der Waals surface area contributed by atoms with Crippen molar-refractivity contribution in [2.75, 3.05) is 0 Å². The predicted octanol–water partition coefficient (Wildman–Crippen LogP) is 4.42. The Hall–Kier alpha value is -2.06. The predicted molar refractivity (Wildman–Crippen MR) is 77.7 cm³/mol. The molecule has 94 valence electrons. The lowest BCUT2D eigenvalue weighted by Crippen LogP contribution is -2.07. The maximum absolute atomic E-state index is 12.6. The normalized spacial score (nSPS) is 10.8. The second-order valence-corrected chi connectivity index (χ2v) is 4.74. The third kappa shape index (κ3) is 1.94. The van der Waals surface area contributed by atoms with Crippen molar-refractivity contribution in [2.24, 2.45) is 0 Å². The van der Waals surface area contributed by atoms with Gasteiger partial charge < -0.3 is 4.42 Å². The van der Waals surface area contributed by atoms with Gasteiger partial charge in [-0.2, -0.15) is 0 Å². The van der Waals surface area contributed by atoms with Crippen LogP contribution in [0.5, 0.6) is 0 Å². The summed E-state index contributed by atoms with van der Waals surface area (Å²) in [6, 6.07) is 14.8. The molecule has 0 aliphatic heterocycles. The van der Waals surface area contributed by atoms with Gasteiger partial charge in [-0.1, -0.05) is 42.5 Å². The first-order valence-corrected chi connectivity index (χ1v) is 6.33. The highest BCUT2D eigenvalue weighted by Gasteiger charge is 2.15. The number of benzene rings is 2. The fourth-order valence-corrected chi connectivity index (χ4v) is 2.51. The topological polar surface area (TPSA) is 30.2 Å². The molecule has 3 aromatic rings. The van der Waals surface area contributed by atoms with Crippen molar-refractivity contribution in [1.29, 1.82) is 0 Å². The smallest absolute Gasteiger partial charge is 0.205 e. The van der Waals surface area contributed by atoms with Gasteiger partial charge in [0.2, 0.25) is 10.6 Å². The largest absolute Gasteiger partial charge is 0.444 e. The number of aryl methyl sites for hydroxylation is 1. The lowest BCUT2D eigenvalue weighted by molar-refractivity contribution is 0.606. The van der Waals surface area contributed by atoms with Crippen LogP contribution in [0.4, 0.5) is 0 Å². The third-order valence-electron chi connectivity index (χ3n) is 3.15. The molecule has 2 nitrogen and oxygen atoms in total. The van der Waals surface area contributed by atoms with E-state index < -0.39 is 0 Å². The molecule has 0 radical (unpaired) electrons. The zero-order valence-corrected chi connectivity index (χ0v) is 11.1. The van der Waals surface area contributed by atoms with E-state index in [4.69, 9.17) is 16.0 Å². The SMILES string of the molecule is Cc1cccc2oc(Cl)c(-c3ccccc3)c(=O)c12. The summed E-state index contributed by atoms with van der Waals surface area (Å²) in [4.78, 5) is 12.6. The van der Waals surface area contributed by atoms with Crippen molar-refractivity contribution in [3.8, 4) is 11.1 Å². The summed E-state index contributed by atoms with van der Waals surface area (Å²) in [6.45, 7) is 1.89. The number of hydrogen-bond acceptors (Lipinski definition) is 2. The Kier molecular flexibility index (Phi) is 2.88. The molecule has 0 unspecified atom stereocenters. The third-order valence-corrected chi connectivity index (χ3v) is 3.41. The average molecular weight is 271 g/mol.